The van der Waals surface area contributed by atoms with Crippen molar-refractivity contribution in [2.75, 3.05) is 39.3 Å². The molecule has 0 saturated carbocycles. The van der Waals surface area contributed by atoms with Crippen LogP contribution in [0.4, 0.5) is 4.79 Å². The lowest BCUT2D eigenvalue weighted by Gasteiger charge is -2.35. The van der Waals surface area contributed by atoms with E-state index >= 15 is 0 Å². The summed E-state index contributed by atoms with van der Waals surface area (Å²) in [6.45, 7) is 6.96. The third-order valence-electron chi connectivity index (χ3n) is 3.83. The normalized spacial score (nSPS) is 19.4. The molecule has 1 fully saturated rings. The van der Waals surface area contributed by atoms with Gasteiger partial charge in [0.05, 0.1) is 6.61 Å². The molecule has 2 atom stereocenters. The highest BCUT2D eigenvalue weighted by Crippen LogP contribution is 2.09. The van der Waals surface area contributed by atoms with Crippen molar-refractivity contribution in [3.63, 3.8) is 0 Å². The van der Waals surface area contributed by atoms with Gasteiger partial charge >= 0.3 is 12.0 Å². The molecule has 0 aliphatic carbocycles. The summed E-state index contributed by atoms with van der Waals surface area (Å²) in [6.07, 6.45) is 0.696. The van der Waals surface area contributed by atoms with E-state index in [2.05, 4.69) is 10.2 Å². The van der Waals surface area contributed by atoms with Gasteiger partial charge in [0.15, 0.2) is 0 Å². The third kappa shape index (κ3) is 4.64. The van der Waals surface area contributed by atoms with Gasteiger partial charge in [-0.3, -0.25) is 4.90 Å². The summed E-state index contributed by atoms with van der Waals surface area (Å²) in [7, 11) is 0. The molecule has 20 heavy (non-hydrogen) atoms. The molecule has 3 N–H and O–H groups in total. The molecule has 1 saturated heterocycles. The maximum Gasteiger partial charge on any atom is 0.326 e. The van der Waals surface area contributed by atoms with E-state index in [9.17, 15) is 9.59 Å². The van der Waals surface area contributed by atoms with Gasteiger partial charge < -0.3 is 20.4 Å². The fraction of sp³-hybridized carbons (Fsp3) is 0.846. The number of carboxylic acids is 1. The first-order chi connectivity index (χ1) is 9.49. The van der Waals surface area contributed by atoms with Crippen LogP contribution in [-0.4, -0.2) is 77.4 Å². The maximum atomic E-state index is 12.1. The number of carbonyl (C=O) groups is 2. The molecular weight excluding hydrogens is 262 g/mol. The zero-order valence-corrected chi connectivity index (χ0v) is 12.2. The molecule has 1 aliphatic rings. The predicted octanol–water partition coefficient (Wildman–Crippen LogP) is -0.195. The number of carbonyl (C=O) groups excluding carboxylic acids is 1. The highest BCUT2D eigenvalue weighted by atomic mass is 16.4. The molecule has 0 bridgehead atoms. The zero-order chi connectivity index (χ0) is 15.1. The minimum absolute atomic E-state index is 0.105. The van der Waals surface area contributed by atoms with Gasteiger partial charge in [-0.2, -0.15) is 0 Å². The summed E-state index contributed by atoms with van der Waals surface area (Å²) < 4.78 is 0. The van der Waals surface area contributed by atoms with E-state index in [1.54, 1.807) is 4.90 Å². The molecule has 0 aromatic carbocycles. The van der Waals surface area contributed by atoms with E-state index in [-0.39, 0.29) is 18.6 Å². The summed E-state index contributed by atoms with van der Waals surface area (Å²) in [5.74, 6) is -1.10. The van der Waals surface area contributed by atoms with Crippen molar-refractivity contribution in [1.29, 1.82) is 0 Å². The molecule has 1 rings (SSSR count). The Morgan fingerprint density at radius 1 is 1.25 bits per heavy atom. The smallest absolute Gasteiger partial charge is 0.326 e. The van der Waals surface area contributed by atoms with Crippen molar-refractivity contribution >= 4 is 12.0 Å². The highest BCUT2D eigenvalue weighted by Gasteiger charge is 2.28. The lowest BCUT2D eigenvalue weighted by molar-refractivity contribution is -0.140. The van der Waals surface area contributed by atoms with Crippen LogP contribution < -0.4 is 5.32 Å². The molecule has 1 aliphatic heterocycles. The van der Waals surface area contributed by atoms with Gasteiger partial charge in [0.2, 0.25) is 0 Å². The Hall–Kier alpha value is -1.34. The topological polar surface area (TPSA) is 93.1 Å². The monoisotopic (exact) mass is 287 g/mol. The molecule has 2 amide bonds. The molecule has 0 unspecified atom stereocenters. The average molecular weight is 287 g/mol. The number of aliphatic hydroxyl groups excluding tert-OH is 1. The van der Waals surface area contributed by atoms with Crippen LogP contribution in [0.1, 0.15) is 20.3 Å². The second-order valence-electron chi connectivity index (χ2n) is 5.20. The number of rotatable bonds is 6. The number of aliphatic hydroxyl groups is 1. The Morgan fingerprint density at radius 2 is 1.85 bits per heavy atom. The van der Waals surface area contributed by atoms with Crippen molar-refractivity contribution in [1.82, 2.24) is 15.1 Å². The summed E-state index contributed by atoms with van der Waals surface area (Å²) in [6, 6.07) is -1.16. The number of nitrogens with zero attached hydrogens (tertiary/aromatic N) is 2. The summed E-state index contributed by atoms with van der Waals surface area (Å²) >= 11 is 0. The summed E-state index contributed by atoms with van der Waals surface area (Å²) in [5.41, 5.74) is 0. The molecule has 7 nitrogen and oxygen atoms in total. The lowest BCUT2D eigenvalue weighted by atomic mass is 9.99. The molecule has 1 heterocycles. The number of hydrogen-bond acceptors (Lipinski definition) is 4. The number of urea groups is 1. The Balaban J connectivity index is 2.48. The molecular formula is C13H25N3O4. The number of nitrogens with one attached hydrogen (secondary N) is 1. The van der Waals surface area contributed by atoms with Gasteiger partial charge in [-0.25, -0.2) is 9.59 Å². The Kier molecular flexibility index (Phi) is 6.74. The minimum atomic E-state index is -0.994. The van der Waals surface area contributed by atoms with E-state index < -0.39 is 12.0 Å². The lowest BCUT2D eigenvalue weighted by Crippen LogP contribution is -2.56. The van der Waals surface area contributed by atoms with Crippen molar-refractivity contribution in [2.45, 2.75) is 26.3 Å². The van der Waals surface area contributed by atoms with Gasteiger partial charge in [-0.1, -0.05) is 20.3 Å². The number of amides is 2. The van der Waals surface area contributed by atoms with Crippen molar-refractivity contribution in [3.05, 3.63) is 0 Å². The number of hydrogen-bond donors (Lipinski definition) is 3. The van der Waals surface area contributed by atoms with Crippen molar-refractivity contribution in [3.8, 4) is 0 Å². The Labute approximate surface area is 119 Å². The Morgan fingerprint density at radius 3 is 2.30 bits per heavy atom. The molecule has 0 spiro atoms. The third-order valence-corrected chi connectivity index (χ3v) is 3.83. The van der Waals surface area contributed by atoms with Crippen LogP contribution >= 0.6 is 0 Å². The van der Waals surface area contributed by atoms with Crippen LogP contribution in [0.5, 0.6) is 0 Å². The van der Waals surface area contributed by atoms with Crippen LogP contribution in [0, 0.1) is 5.92 Å². The second-order valence-corrected chi connectivity index (χ2v) is 5.20. The minimum Gasteiger partial charge on any atom is -0.480 e. The molecule has 116 valence electrons. The molecule has 7 heteroatoms. The number of piperazine rings is 1. The largest absolute Gasteiger partial charge is 0.480 e. The molecule has 0 radical (unpaired) electrons. The zero-order valence-electron chi connectivity index (χ0n) is 12.2. The van der Waals surface area contributed by atoms with Crippen LogP contribution in [0.15, 0.2) is 0 Å². The first-order valence-electron chi connectivity index (χ1n) is 7.11. The fourth-order valence-electron chi connectivity index (χ4n) is 2.22. The second kappa shape index (κ2) is 8.06. The number of β-amino-alcohol motifs (C(OH)–C–C–N with tert-alkyl or cyclic N) is 1. The van der Waals surface area contributed by atoms with Gasteiger partial charge in [0, 0.05) is 32.7 Å². The van der Waals surface area contributed by atoms with Crippen LogP contribution in [0.2, 0.25) is 0 Å². The Bertz CT molecular complexity index is 330. The van der Waals surface area contributed by atoms with Gasteiger partial charge in [-0.05, 0) is 5.92 Å². The quantitative estimate of drug-likeness (QED) is 0.629. The van der Waals surface area contributed by atoms with E-state index in [1.165, 1.54) is 0 Å². The first-order valence-corrected chi connectivity index (χ1v) is 7.11. The number of carboxylic acid groups (broad SMARTS) is 1. The maximum absolute atomic E-state index is 12.1. The fourth-order valence-corrected chi connectivity index (χ4v) is 2.22. The average Bonchev–Trinajstić information content (AvgIpc) is 2.44. The van der Waals surface area contributed by atoms with Crippen LogP contribution in [0.3, 0.4) is 0 Å². The SMILES string of the molecule is CC[C@H](C)[C@H](NC(=O)N1CCN(CCO)CC1)C(=O)O. The first kappa shape index (κ1) is 16.7. The highest BCUT2D eigenvalue weighted by molar-refractivity contribution is 5.82. The van der Waals surface area contributed by atoms with Crippen molar-refractivity contribution < 1.29 is 19.8 Å². The van der Waals surface area contributed by atoms with E-state index in [1.807, 2.05) is 13.8 Å². The van der Waals surface area contributed by atoms with Gasteiger partial charge in [0.1, 0.15) is 6.04 Å². The summed E-state index contributed by atoms with van der Waals surface area (Å²) in [4.78, 5) is 27.0. The van der Waals surface area contributed by atoms with E-state index in [4.69, 9.17) is 10.2 Å². The van der Waals surface area contributed by atoms with E-state index in [0.717, 1.165) is 0 Å². The van der Waals surface area contributed by atoms with Crippen molar-refractivity contribution in [2.24, 2.45) is 5.92 Å². The number of aliphatic carboxylic acids is 1. The predicted molar refractivity (Wildman–Crippen MR) is 74.5 cm³/mol. The van der Waals surface area contributed by atoms with Crippen LogP contribution in [-0.2, 0) is 4.79 Å². The molecule has 0 aromatic rings. The van der Waals surface area contributed by atoms with Gasteiger partial charge in [0.25, 0.3) is 0 Å². The molecule has 0 aromatic heterocycles. The van der Waals surface area contributed by atoms with Gasteiger partial charge in [-0.15, -0.1) is 0 Å². The van der Waals surface area contributed by atoms with E-state index in [0.29, 0.717) is 39.1 Å². The van der Waals surface area contributed by atoms with Crippen LogP contribution in [0.25, 0.3) is 0 Å². The standard InChI is InChI=1S/C13H25N3O4/c1-3-10(2)11(12(18)19)14-13(20)16-6-4-15(5-7-16)8-9-17/h10-11,17H,3-9H2,1-2H3,(H,14,20)(H,18,19)/t10-,11-/m0/s1. The summed E-state index contributed by atoms with van der Waals surface area (Å²) in [5, 5.41) is 20.6.